The van der Waals surface area contributed by atoms with E-state index in [1.807, 2.05) is 0 Å². The van der Waals surface area contributed by atoms with Crippen molar-refractivity contribution in [1.29, 1.82) is 0 Å². The van der Waals surface area contributed by atoms with E-state index < -0.39 is 15.7 Å². The zero-order valence-corrected chi connectivity index (χ0v) is 11.2. The summed E-state index contributed by atoms with van der Waals surface area (Å²) in [6.45, 7) is 0.143. The second-order valence-corrected chi connectivity index (χ2v) is 6.73. The van der Waals surface area contributed by atoms with Crippen molar-refractivity contribution in [2.24, 2.45) is 11.5 Å². The SMILES string of the molecule is NCc1nnc(SCCS(=O)(=O)CCC(N)=O)o1. The lowest BCUT2D eigenvalue weighted by molar-refractivity contribution is -0.117. The molecule has 1 heterocycles. The molecule has 0 aliphatic carbocycles. The van der Waals surface area contributed by atoms with Crippen molar-refractivity contribution in [1.82, 2.24) is 10.2 Å². The molecule has 0 aliphatic rings. The van der Waals surface area contributed by atoms with Gasteiger partial charge in [0, 0.05) is 12.2 Å². The van der Waals surface area contributed by atoms with Gasteiger partial charge < -0.3 is 15.9 Å². The number of carbonyl (C=O) groups is 1. The minimum atomic E-state index is -3.28. The van der Waals surface area contributed by atoms with Crippen molar-refractivity contribution in [2.75, 3.05) is 17.3 Å². The first-order valence-electron chi connectivity index (χ1n) is 5.07. The molecule has 0 radical (unpaired) electrons. The van der Waals surface area contributed by atoms with Gasteiger partial charge in [0.2, 0.25) is 11.8 Å². The number of hydrogen-bond donors (Lipinski definition) is 2. The number of aromatic nitrogens is 2. The van der Waals surface area contributed by atoms with Gasteiger partial charge in [-0.15, -0.1) is 10.2 Å². The topological polar surface area (TPSA) is 142 Å². The second-order valence-electron chi connectivity index (χ2n) is 3.38. The van der Waals surface area contributed by atoms with Gasteiger partial charge in [-0.2, -0.15) is 0 Å². The molecular formula is C8H14N4O4S2. The molecule has 0 aliphatic heterocycles. The Hall–Kier alpha value is -1.13. The van der Waals surface area contributed by atoms with Gasteiger partial charge in [0.05, 0.1) is 18.1 Å². The molecule has 0 aromatic carbocycles. The molecule has 8 nitrogen and oxygen atoms in total. The smallest absolute Gasteiger partial charge is 0.276 e. The molecule has 0 bridgehead atoms. The Balaban J connectivity index is 2.34. The Labute approximate surface area is 108 Å². The van der Waals surface area contributed by atoms with E-state index in [4.69, 9.17) is 15.9 Å². The highest BCUT2D eigenvalue weighted by molar-refractivity contribution is 8.00. The van der Waals surface area contributed by atoms with Gasteiger partial charge in [-0.25, -0.2) is 8.42 Å². The zero-order valence-electron chi connectivity index (χ0n) is 9.53. The van der Waals surface area contributed by atoms with Gasteiger partial charge in [0.15, 0.2) is 9.84 Å². The molecule has 1 rings (SSSR count). The molecule has 0 saturated heterocycles. The first-order valence-corrected chi connectivity index (χ1v) is 7.87. The molecule has 1 aromatic rings. The fraction of sp³-hybridized carbons (Fsp3) is 0.625. The average molecular weight is 294 g/mol. The number of nitrogens with two attached hydrogens (primary N) is 2. The number of rotatable bonds is 8. The quantitative estimate of drug-likeness (QED) is 0.576. The number of nitrogens with zero attached hydrogens (tertiary/aromatic N) is 2. The third-order valence-corrected chi connectivity index (χ3v) is 4.63. The summed E-state index contributed by atoms with van der Waals surface area (Å²) in [5.74, 6) is -0.371. The van der Waals surface area contributed by atoms with E-state index in [0.717, 1.165) is 11.8 Å². The minimum absolute atomic E-state index is 0.0781. The lowest BCUT2D eigenvalue weighted by Crippen LogP contribution is -2.19. The molecule has 18 heavy (non-hydrogen) atoms. The lowest BCUT2D eigenvalue weighted by Gasteiger charge is -2.00. The van der Waals surface area contributed by atoms with E-state index in [0.29, 0.717) is 5.89 Å². The molecule has 102 valence electrons. The van der Waals surface area contributed by atoms with Crippen molar-refractivity contribution in [3.63, 3.8) is 0 Å². The summed E-state index contributed by atoms with van der Waals surface area (Å²) in [7, 11) is -3.28. The maximum Gasteiger partial charge on any atom is 0.276 e. The summed E-state index contributed by atoms with van der Waals surface area (Å²) in [5, 5.41) is 7.59. The maximum atomic E-state index is 11.5. The summed E-state index contributed by atoms with van der Waals surface area (Å²) in [5.41, 5.74) is 10.2. The molecule has 0 unspecified atom stereocenters. The molecule has 0 saturated carbocycles. The van der Waals surface area contributed by atoms with Crippen molar-refractivity contribution < 1.29 is 17.6 Å². The standard InChI is InChI=1S/C8H14N4O4S2/c9-5-7-11-12-8(16-7)17-2-4-18(14,15)3-1-6(10)13/h1-5,9H2,(H2,10,13). The third kappa shape index (κ3) is 5.47. The molecule has 1 aromatic heterocycles. The van der Waals surface area contributed by atoms with Gasteiger partial charge in [-0.1, -0.05) is 11.8 Å². The lowest BCUT2D eigenvalue weighted by atomic mass is 10.5. The Bertz CT molecular complexity index is 499. The third-order valence-electron chi connectivity index (χ3n) is 1.90. The van der Waals surface area contributed by atoms with Crippen LogP contribution in [-0.4, -0.2) is 41.8 Å². The van der Waals surface area contributed by atoms with Gasteiger partial charge in [0.1, 0.15) is 0 Å². The van der Waals surface area contributed by atoms with E-state index in [2.05, 4.69) is 10.2 Å². The van der Waals surface area contributed by atoms with Crippen LogP contribution in [0.5, 0.6) is 0 Å². The van der Waals surface area contributed by atoms with Crippen molar-refractivity contribution in [2.45, 2.75) is 18.2 Å². The van der Waals surface area contributed by atoms with Crippen LogP contribution >= 0.6 is 11.8 Å². The molecule has 0 atom stereocenters. The first kappa shape index (κ1) is 14.9. The van der Waals surface area contributed by atoms with Crippen molar-refractivity contribution in [3.05, 3.63) is 5.89 Å². The van der Waals surface area contributed by atoms with E-state index in [9.17, 15) is 13.2 Å². The number of primary amides is 1. The fourth-order valence-electron chi connectivity index (χ4n) is 0.993. The zero-order chi connectivity index (χ0) is 13.6. The van der Waals surface area contributed by atoms with E-state index >= 15 is 0 Å². The van der Waals surface area contributed by atoms with Gasteiger partial charge in [-0.05, 0) is 0 Å². The first-order chi connectivity index (χ1) is 8.43. The minimum Gasteiger partial charge on any atom is -0.415 e. The van der Waals surface area contributed by atoms with E-state index in [1.54, 1.807) is 0 Å². The normalized spacial score (nSPS) is 11.6. The van der Waals surface area contributed by atoms with E-state index in [-0.39, 0.29) is 35.4 Å². The van der Waals surface area contributed by atoms with Crippen molar-refractivity contribution >= 4 is 27.5 Å². The molecule has 10 heteroatoms. The molecule has 0 fully saturated rings. The number of sulfone groups is 1. The van der Waals surface area contributed by atoms with Crippen LogP contribution in [0.15, 0.2) is 9.64 Å². The van der Waals surface area contributed by atoms with Crippen LogP contribution in [0, 0.1) is 0 Å². The highest BCUT2D eigenvalue weighted by atomic mass is 32.2. The van der Waals surface area contributed by atoms with Crippen LogP contribution in [0.1, 0.15) is 12.3 Å². The Morgan fingerprint density at radius 3 is 2.61 bits per heavy atom. The molecular weight excluding hydrogens is 280 g/mol. The van der Waals surface area contributed by atoms with Gasteiger partial charge >= 0.3 is 0 Å². The Morgan fingerprint density at radius 1 is 1.33 bits per heavy atom. The summed E-state index contributed by atoms with van der Waals surface area (Å²) < 4.78 is 28.1. The second kappa shape index (κ2) is 6.71. The fourth-order valence-corrected chi connectivity index (χ4v) is 3.49. The van der Waals surface area contributed by atoms with Gasteiger partial charge in [-0.3, -0.25) is 4.79 Å². The predicted octanol–water partition coefficient (Wildman–Crippen LogP) is -1.09. The number of carbonyl (C=O) groups excluding carboxylic acids is 1. The monoisotopic (exact) mass is 294 g/mol. The highest BCUT2D eigenvalue weighted by Crippen LogP contribution is 2.16. The summed E-state index contributed by atoms with van der Waals surface area (Å²) in [4.78, 5) is 10.5. The number of amides is 1. The highest BCUT2D eigenvalue weighted by Gasteiger charge is 2.13. The Morgan fingerprint density at radius 2 is 2.06 bits per heavy atom. The average Bonchev–Trinajstić information content (AvgIpc) is 2.74. The van der Waals surface area contributed by atoms with Crippen LogP contribution in [0.3, 0.4) is 0 Å². The van der Waals surface area contributed by atoms with Crippen LogP contribution in [0.4, 0.5) is 0 Å². The molecule has 0 spiro atoms. The van der Waals surface area contributed by atoms with Crippen LogP contribution < -0.4 is 11.5 Å². The number of hydrogen-bond acceptors (Lipinski definition) is 8. The van der Waals surface area contributed by atoms with E-state index in [1.165, 1.54) is 0 Å². The van der Waals surface area contributed by atoms with Crippen LogP contribution in [0.25, 0.3) is 0 Å². The predicted molar refractivity (Wildman–Crippen MR) is 65.4 cm³/mol. The Kier molecular flexibility index (Phi) is 5.56. The maximum absolute atomic E-state index is 11.5. The van der Waals surface area contributed by atoms with Crippen LogP contribution in [0.2, 0.25) is 0 Å². The molecule has 4 N–H and O–H groups in total. The van der Waals surface area contributed by atoms with Crippen LogP contribution in [-0.2, 0) is 21.2 Å². The van der Waals surface area contributed by atoms with Crippen molar-refractivity contribution in [3.8, 4) is 0 Å². The summed E-state index contributed by atoms with van der Waals surface area (Å²) in [6.07, 6.45) is -0.162. The number of thioether (sulfide) groups is 1. The van der Waals surface area contributed by atoms with Gasteiger partial charge in [0.25, 0.3) is 5.22 Å². The largest absolute Gasteiger partial charge is 0.415 e. The summed E-state index contributed by atoms with van der Waals surface area (Å²) in [6, 6.07) is 0. The summed E-state index contributed by atoms with van der Waals surface area (Å²) >= 11 is 1.13. The molecule has 1 amide bonds.